The Labute approximate surface area is 150 Å². The van der Waals surface area contributed by atoms with E-state index in [2.05, 4.69) is 21.0 Å². The van der Waals surface area contributed by atoms with Gasteiger partial charge in [-0.05, 0) is 44.0 Å². The molecule has 0 bridgehead atoms. The molecule has 0 radical (unpaired) electrons. The molecule has 3 amide bonds. The zero-order valence-corrected chi connectivity index (χ0v) is 14.3. The van der Waals surface area contributed by atoms with Crippen LogP contribution in [0.25, 0.3) is 0 Å². The lowest BCUT2D eigenvalue weighted by Crippen LogP contribution is -2.42. The van der Waals surface area contributed by atoms with Crippen LogP contribution in [-0.4, -0.2) is 39.6 Å². The number of rotatable bonds is 4. The monoisotopic (exact) mass is 353 g/mol. The fraction of sp³-hybridized carbons (Fsp3) is 0.333. The number of carbonyl (C=O) groups is 3. The standard InChI is InChI=1S/C18H19N5O3/c1-10-9-23-15(18(26)19-10)8-14(22-23)17(25)21-12-4-2-11(3-5-12)16(24)20-13-6-7-13/h2-5,8,10,13H,6-7,9H2,1H3,(H,19,26)(H,20,24)(H,21,25). The van der Waals surface area contributed by atoms with Crippen LogP contribution in [0.2, 0.25) is 0 Å². The molecule has 1 unspecified atom stereocenters. The lowest BCUT2D eigenvalue weighted by atomic mass is 10.2. The Morgan fingerprint density at radius 3 is 2.62 bits per heavy atom. The van der Waals surface area contributed by atoms with E-state index < -0.39 is 5.91 Å². The fourth-order valence-corrected chi connectivity index (χ4v) is 2.85. The largest absolute Gasteiger partial charge is 0.349 e. The fourth-order valence-electron chi connectivity index (χ4n) is 2.85. The third-order valence-electron chi connectivity index (χ3n) is 4.39. The molecule has 1 fully saturated rings. The lowest BCUT2D eigenvalue weighted by molar-refractivity contribution is 0.0899. The van der Waals surface area contributed by atoms with Crippen LogP contribution >= 0.6 is 0 Å². The summed E-state index contributed by atoms with van der Waals surface area (Å²) in [6, 6.07) is 8.43. The van der Waals surface area contributed by atoms with Crippen LogP contribution in [0, 0.1) is 0 Å². The van der Waals surface area contributed by atoms with Gasteiger partial charge < -0.3 is 16.0 Å². The molecule has 8 heteroatoms. The Bertz CT molecular complexity index is 883. The van der Waals surface area contributed by atoms with Gasteiger partial charge in [-0.25, -0.2) is 0 Å². The van der Waals surface area contributed by atoms with Crippen molar-refractivity contribution in [3.63, 3.8) is 0 Å². The van der Waals surface area contributed by atoms with Crippen molar-refractivity contribution >= 4 is 23.4 Å². The van der Waals surface area contributed by atoms with Gasteiger partial charge in [0.2, 0.25) is 0 Å². The van der Waals surface area contributed by atoms with Crippen molar-refractivity contribution in [1.29, 1.82) is 0 Å². The van der Waals surface area contributed by atoms with Gasteiger partial charge in [-0.3, -0.25) is 19.1 Å². The highest BCUT2D eigenvalue weighted by molar-refractivity contribution is 6.05. The number of nitrogens with zero attached hydrogens (tertiary/aromatic N) is 2. The summed E-state index contributed by atoms with van der Waals surface area (Å²) in [5, 5.41) is 12.7. The molecule has 0 saturated heterocycles. The van der Waals surface area contributed by atoms with Crippen LogP contribution in [0.15, 0.2) is 30.3 Å². The first-order valence-corrected chi connectivity index (χ1v) is 8.60. The first-order chi connectivity index (χ1) is 12.5. The summed E-state index contributed by atoms with van der Waals surface area (Å²) >= 11 is 0. The summed E-state index contributed by atoms with van der Waals surface area (Å²) in [6.45, 7) is 2.41. The Kier molecular flexibility index (Phi) is 3.95. The summed E-state index contributed by atoms with van der Waals surface area (Å²) in [6.07, 6.45) is 2.07. The maximum atomic E-state index is 12.4. The normalized spacial score (nSPS) is 18.7. The summed E-state index contributed by atoms with van der Waals surface area (Å²) in [5.74, 6) is -0.740. The lowest BCUT2D eigenvalue weighted by Gasteiger charge is -2.20. The van der Waals surface area contributed by atoms with E-state index in [0.717, 1.165) is 12.8 Å². The Hall–Kier alpha value is -3.16. The molecule has 1 saturated carbocycles. The van der Waals surface area contributed by atoms with E-state index in [9.17, 15) is 14.4 Å². The number of anilines is 1. The summed E-state index contributed by atoms with van der Waals surface area (Å²) in [4.78, 5) is 36.3. The predicted octanol–water partition coefficient (Wildman–Crippen LogP) is 1.16. The number of aromatic nitrogens is 2. The Morgan fingerprint density at radius 2 is 1.92 bits per heavy atom. The number of hydrogen-bond donors (Lipinski definition) is 3. The van der Waals surface area contributed by atoms with Crippen LogP contribution in [0.1, 0.15) is 51.1 Å². The molecule has 1 atom stereocenters. The number of amides is 3. The third-order valence-corrected chi connectivity index (χ3v) is 4.39. The first-order valence-electron chi connectivity index (χ1n) is 8.60. The molecule has 3 N–H and O–H groups in total. The van der Waals surface area contributed by atoms with Crippen LogP contribution in [-0.2, 0) is 6.54 Å². The first kappa shape index (κ1) is 16.3. The smallest absolute Gasteiger partial charge is 0.276 e. The minimum atomic E-state index is -0.400. The molecule has 2 heterocycles. The van der Waals surface area contributed by atoms with Crippen molar-refractivity contribution in [2.24, 2.45) is 0 Å². The molecule has 1 aliphatic heterocycles. The highest BCUT2D eigenvalue weighted by Gasteiger charge is 2.26. The summed E-state index contributed by atoms with van der Waals surface area (Å²) in [5.41, 5.74) is 1.67. The van der Waals surface area contributed by atoms with E-state index in [0.29, 0.717) is 29.5 Å². The molecule has 0 spiro atoms. The van der Waals surface area contributed by atoms with Crippen LogP contribution in [0.5, 0.6) is 0 Å². The SMILES string of the molecule is CC1Cn2nc(C(=O)Nc3ccc(C(=O)NC4CC4)cc3)cc2C(=O)N1. The van der Waals surface area contributed by atoms with Crippen LogP contribution < -0.4 is 16.0 Å². The number of benzene rings is 1. The van der Waals surface area contributed by atoms with E-state index in [1.165, 1.54) is 6.07 Å². The third kappa shape index (κ3) is 3.30. The van der Waals surface area contributed by atoms with E-state index in [-0.39, 0.29) is 23.6 Å². The highest BCUT2D eigenvalue weighted by atomic mass is 16.2. The number of carbonyl (C=O) groups excluding carboxylic acids is 3. The molecule has 2 aliphatic rings. The van der Waals surface area contributed by atoms with Gasteiger partial charge in [-0.15, -0.1) is 0 Å². The number of hydrogen-bond acceptors (Lipinski definition) is 4. The number of nitrogens with one attached hydrogen (secondary N) is 3. The van der Waals surface area contributed by atoms with Crippen molar-refractivity contribution in [1.82, 2.24) is 20.4 Å². The summed E-state index contributed by atoms with van der Waals surface area (Å²) < 4.78 is 1.55. The second-order valence-electron chi connectivity index (χ2n) is 6.75. The van der Waals surface area contributed by atoms with Crippen molar-refractivity contribution < 1.29 is 14.4 Å². The second kappa shape index (κ2) is 6.29. The highest BCUT2D eigenvalue weighted by Crippen LogP contribution is 2.20. The van der Waals surface area contributed by atoms with Crippen molar-refractivity contribution in [3.05, 3.63) is 47.3 Å². The predicted molar refractivity (Wildman–Crippen MR) is 94.0 cm³/mol. The van der Waals surface area contributed by atoms with Crippen molar-refractivity contribution in [2.45, 2.75) is 38.4 Å². The Balaban J connectivity index is 1.44. The molecular weight excluding hydrogens is 334 g/mol. The second-order valence-corrected chi connectivity index (χ2v) is 6.75. The van der Waals surface area contributed by atoms with E-state index in [1.54, 1.807) is 28.9 Å². The van der Waals surface area contributed by atoms with E-state index >= 15 is 0 Å². The molecule has 1 aliphatic carbocycles. The number of fused-ring (bicyclic) bond motifs is 1. The molecule has 1 aromatic heterocycles. The quantitative estimate of drug-likeness (QED) is 0.767. The zero-order valence-electron chi connectivity index (χ0n) is 14.3. The molecular formula is C18H19N5O3. The molecule has 1 aromatic carbocycles. The Morgan fingerprint density at radius 1 is 1.19 bits per heavy atom. The molecule has 2 aromatic rings. The topological polar surface area (TPSA) is 105 Å². The van der Waals surface area contributed by atoms with Crippen molar-refractivity contribution in [2.75, 3.05) is 5.32 Å². The van der Waals surface area contributed by atoms with Gasteiger partial charge in [0.25, 0.3) is 17.7 Å². The van der Waals surface area contributed by atoms with Gasteiger partial charge >= 0.3 is 0 Å². The zero-order chi connectivity index (χ0) is 18.3. The van der Waals surface area contributed by atoms with Gasteiger partial charge in [-0.1, -0.05) is 0 Å². The molecule has 26 heavy (non-hydrogen) atoms. The van der Waals surface area contributed by atoms with Gasteiger partial charge in [0.1, 0.15) is 5.69 Å². The van der Waals surface area contributed by atoms with Crippen LogP contribution in [0.4, 0.5) is 5.69 Å². The minimum Gasteiger partial charge on any atom is -0.349 e. The summed E-state index contributed by atoms with van der Waals surface area (Å²) in [7, 11) is 0. The maximum Gasteiger partial charge on any atom is 0.276 e. The van der Waals surface area contributed by atoms with Gasteiger partial charge in [0.15, 0.2) is 5.69 Å². The average Bonchev–Trinajstić information content (AvgIpc) is 3.30. The van der Waals surface area contributed by atoms with Gasteiger partial charge in [0.05, 0.1) is 6.54 Å². The minimum absolute atomic E-state index is 0.0276. The van der Waals surface area contributed by atoms with E-state index in [4.69, 9.17) is 0 Å². The molecule has 8 nitrogen and oxygen atoms in total. The van der Waals surface area contributed by atoms with Crippen molar-refractivity contribution in [3.8, 4) is 0 Å². The molecule has 4 rings (SSSR count). The van der Waals surface area contributed by atoms with Crippen LogP contribution in [0.3, 0.4) is 0 Å². The van der Waals surface area contributed by atoms with Gasteiger partial charge in [0, 0.05) is 29.4 Å². The van der Waals surface area contributed by atoms with E-state index in [1.807, 2.05) is 6.92 Å². The molecule has 134 valence electrons. The van der Waals surface area contributed by atoms with Gasteiger partial charge in [-0.2, -0.15) is 5.10 Å². The maximum absolute atomic E-state index is 12.4. The average molecular weight is 353 g/mol.